The molecular formula is C15H23NO3S. The van der Waals surface area contributed by atoms with E-state index in [1.54, 1.807) is 24.3 Å². The van der Waals surface area contributed by atoms with Gasteiger partial charge >= 0.3 is 0 Å². The summed E-state index contributed by atoms with van der Waals surface area (Å²) in [5.41, 5.74) is 0.446. The zero-order valence-electron chi connectivity index (χ0n) is 11.9. The number of aliphatic hydroxyl groups is 1. The Labute approximate surface area is 121 Å². The summed E-state index contributed by atoms with van der Waals surface area (Å²) in [4.78, 5) is 0.194. The van der Waals surface area contributed by atoms with Crippen LogP contribution < -0.4 is 4.72 Å². The van der Waals surface area contributed by atoms with Gasteiger partial charge in [-0.25, -0.2) is 13.1 Å². The van der Waals surface area contributed by atoms with E-state index in [4.69, 9.17) is 0 Å². The Kier molecular flexibility index (Phi) is 5.18. The SMILES string of the molecule is CC1CCCC(NS(=O)(=O)c2ccccc2CO)CC1. The standard InChI is InChI=1S/C15H23NO3S/c1-12-5-4-7-14(10-9-12)16-20(18,19)15-8-3-2-6-13(15)11-17/h2-3,6,8,12,14,16-17H,4-5,7,9-11H2,1H3. The minimum absolute atomic E-state index is 0.0108. The molecule has 4 nitrogen and oxygen atoms in total. The van der Waals surface area contributed by atoms with E-state index < -0.39 is 10.0 Å². The summed E-state index contributed by atoms with van der Waals surface area (Å²) in [7, 11) is -3.55. The Hall–Kier alpha value is -0.910. The maximum Gasteiger partial charge on any atom is 0.241 e. The van der Waals surface area contributed by atoms with Crippen LogP contribution in [0.15, 0.2) is 29.2 Å². The first-order chi connectivity index (χ1) is 9.53. The van der Waals surface area contributed by atoms with Gasteiger partial charge in [0.15, 0.2) is 0 Å². The van der Waals surface area contributed by atoms with Crippen molar-refractivity contribution in [2.24, 2.45) is 5.92 Å². The molecule has 20 heavy (non-hydrogen) atoms. The van der Waals surface area contributed by atoms with Crippen molar-refractivity contribution in [1.29, 1.82) is 0 Å². The van der Waals surface area contributed by atoms with E-state index in [-0.39, 0.29) is 17.5 Å². The maximum atomic E-state index is 12.5. The quantitative estimate of drug-likeness (QED) is 0.839. The summed E-state index contributed by atoms with van der Waals surface area (Å²) in [6.07, 6.45) is 5.09. The molecule has 1 fully saturated rings. The average molecular weight is 297 g/mol. The van der Waals surface area contributed by atoms with Gasteiger partial charge in [0.2, 0.25) is 10.0 Å². The largest absolute Gasteiger partial charge is 0.392 e. The molecule has 5 heteroatoms. The summed E-state index contributed by atoms with van der Waals surface area (Å²) in [5.74, 6) is 0.675. The molecule has 0 spiro atoms. The minimum Gasteiger partial charge on any atom is -0.392 e. The summed E-state index contributed by atoms with van der Waals surface area (Å²) in [6, 6.07) is 6.62. The molecule has 0 saturated heterocycles. The van der Waals surface area contributed by atoms with Gasteiger partial charge in [-0.15, -0.1) is 0 Å². The second-order valence-electron chi connectivity index (χ2n) is 5.70. The summed E-state index contributed by atoms with van der Waals surface area (Å²) in [6.45, 7) is 1.96. The summed E-state index contributed by atoms with van der Waals surface area (Å²) in [5, 5.41) is 9.28. The predicted octanol–water partition coefficient (Wildman–Crippen LogP) is 2.43. The van der Waals surface area contributed by atoms with E-state index in [0.717, 1.165) is 25.7 Å². The first-order valence-corrected chi connectivity index (χ1v) is 8.72. The fourth-order valence-corrected chi connectivity index (χ4v) is 4.32. The Morgan fingerprint density at radius 3 is 2.70 bits per heavy atom. The predicted molar refractivity (Wildman–Crippen MR) is 78.7 cm³/mol. The topological polar surface area (TPSA) is 66.4 Å². The van der Waals surface area contributed by atoms with Crippen molar-refractivity contribution in [2.75, 3.05) is 0 Å². The second-order valence-corrected chi connectivity index (χ2v) is 7.38. The van der Waals surface area contributed by atoms with Crippen molar-refractivity contribution < 1.29 is 13.5 Å². The molecule has 1 aliphatic carbocycles. The van der Waals surface area contributed by atoms with Crippen LogP contribution >= 0.6 is 0 Å². The number of benzene rings is 1. The molecule has 2 rings (SSSR count). The molecule has 0 bridgehead atoms. The molecule has 2 atom stereocenters. The summed E-state index contributed by atoms with van der Waals surface area (Å²) < 4.78 is 27.7. The van der Waals surface area contributed by atoms with Gasteiger partial charge in [-0.05, 0) is 36.8 Å². The Morgan fingerprint density at radius 1 is 1.20 bits per heavy atom. The number of hydrogen-bond acceptors (Lipinski definition) is 3. The highest BCUT2D eigenvalue weighted by molar-refractivity contribution is 7.89. The van der Waals surface area contributed by atoms with Crippen LogP contribution in [-0.2, 0) is 16.6 Å². The van der Waals surface area contributed by atoms with Crippen LogP contribution in [0.5, 0.6) is 0 Å². The lowest BCUT2D eigenvalue weighted by molar-refractivity contribution is 0.278. The molecule has 1 aromatic carbocycles. The molecule has 0 heterocycles. The van der Waals surface area contributed by atoms with Gasteiger partial charge in [-0.2, -0.15) is 0 Å². The van der Waals surface area contributed by atoms with E-state index in [1.807, 2.05) is 0 Å². The van der Waals surface area contributed by atoms with Gasteiger partial charge in [-0.3, -0.25) is 0 Å². The smallest absolute Gasteiger partial charge is 0.241 e. The van der Waals surface area contributed by atoms with E-state index >= 15 is 0 Å². The molecule has 1 aromatic rings. The van der Waals surface area contributed by atoms with E-state index in [0.29, 0.717) is 11.5 Å². The number of hydrogen-bond donors (Lipinski definition) is 2. The molecule has 1 aliphatic rings. The fraction of sp³-hybridized carbons (Fsp3) is 0.600. The van der Waals surface area contributed by atoms with E-state index in [1.165, 1.54) is 6.42 Å². The second kappa shape index (κ2) is 6.70. The Bertz CT molecular complexity index is 542. The fourth-order valence-electron chi connectivity index (χ4n) is 2.78. The highest BCUT2D eigenvalue weighted by Gasteiger charge is 2.24. The average Bonchev–Trinajstić information content (AvgIpc) is 2.63. The number of aliphatic hydroxyl groups excluding tert-OH is 1. The normalized spacial score (nSPS) is 24.3. The van der Waals surface area contributed by atoms with E-state index in [9.17, 15) is 13.5 Å². The van der Waals surface area contributed by atoms with Crippen molar-refractivity contribution >= 4 is 10.0 Å². The first kappa shape index (κ1) is 15.5. The highest BCUT2D eigenvalue weighted by Crippen LogP contribution is 2.24. The molecule has 0 radical (unpaired) electrons. The van der Waals surface area contributed by atoms with Crippen LogP contribution in [0.4, 0.5) is 0 Å². The number of sulfonamides is 1. The zero-order chi connectivity index (χ0) is 14.6. The van der Waals surface area contributed by atoms with Gasteiger partial charge in [0, 0.05) is 6.04 Å². The van der Waals surface area contributed by atoms with Crippen LogP contribution in [0.25, 0.3) is 0 Å². The van der Waals surface area contributed by atoms with Crippen molar-refractivity contribution in [3.8, 4) is 0 Å². The Balaban J connectivity index is 2.14. The molecule has 0 aliphatic heterocycles. The molecule has 2 N–H and O–H groups in total. The Morgan fingerprint density at radius 2 is 1.95 bits per heavy atom. The third-order valence-corrected chi connectivity index (χ3v) is 5.63. The van der Waals surface area contributed by atoms with Gasteiger partial charge in [0.25, 0.3) is 0 Å². The highest BCUT2D eigenvalue weighted by atomic mass is 32.2. The molecule has 0 aromatic heterocycles. The monoisotopic (exact) mass is 297 g/mol. The molecule has 0 amide bonds. The van der Waals surface area contributed by atoms with Crippen LogP contribution in [0.2, 0.25) is 0 Å². The van der Waals surface area contributed by atoms with E-state index in [2.05, 4.69) is 11.6 Å². The molecule has 1 saturated carbocycles. The molecular weight excluding hydrogens is 274 g/mol. The third-order valence-electron chi connectivity index (χ3n) is 4.01. The van der Waals surface area contributed by atoms with Gasteiger partial charge in [-0.1, -0.05) is 38.0 Å². The lowest BCUT2D eigenvalue weighted by atomic mass is 10.0. The minimum atomic E-state index is -3.55. The third kappa shape index (κ3) is 3.81. The number of rotatable bonds is 4. The van der Waals surface area contributed by atoms with Crippen molar-refractivity contribution in [2.45, 2.75) is 56.6 Å². The van der Waals surface area contributed by atoms with Crippen LogP contribution in [0, 0.1) is 5.92 Å². The van der Waals surface area contributed by atoms with Crippen molar-refractivity contribution in [3.05, 3.63) is 29.8 Å². The van der Waals surface area contributed by atoms with Gasteiger partial charge < -0.3 is 5.11 Å². The molecule has 2 unspecified atom stereocenters. The maximum absolute atomic E-state index is 12.5. The summed E-state index contributed by atoms with van der Waals surface area (Å²) >= 11 is 0. The molecule has 112 valence electrons. The van der Waals surface area contributed by atoms with Crippen molar-refractivity contribution in [3.63, 3.8) is 0 Å². The van der Waals surface area contributed by atoms with Gasteiger partial charge in [0.05, 0.1) is 11.5 Å². The number of nitrogens with one attached hydrogen (secondary N) is 1. The van der Waals surface area contributed by atoms with Crippen LogP contribution in [0.3, 0.4) is 0 Å². The first-order valence-electron chi connectivity index (χ1n) is 7.24. The zero-order valence-corrected chi connectivity index (χ0v) is 12.7. The lowest BCUT2D eigenvalue weighted by Crippen LogP contribution is -2.35. The van der Waals surface area contributed by atoms with Crippen molar-refractivity contribution in [1.82, 2.24) is 4.72 Å². The lowest BCUT2D eigenvalue weighted by Gasteiger charge is -2.17. The van der Waals surface area contributed by atoms with Crippen LogP contribution in [0.1, 0.15) is 44.6 Å². The van der Waals surface area contributed by atoms with Gasteiger partial charge in [0.1, 0.15) is 0 Å². The van der Waals surface area contributed by atoms with Crippen LogP contribution in [-0.4, -0.2) is 19.6 Å².